The summed E-state index contributed by atoms with van der Waals surface area (Å²) in [5.74, 6) is -0.977. The topological polar surface area (TPSA) is 57.6 Å². The summed E-state index contributed by atoms with van der Waals surface area (Å²) in [6.07, 6.45) is 1.33. The maximum Gasteiger partial charge on any atom is 0.326 e. The second-order valence-corrected chi connectivity index (χ2v) is 6.94. The van der Waals surface area contributed by atoms with Crippen LogP contribution >= 0.6 is 11.8 Å². The number of carbonyl (C=O) groups is 2. The molecule has 0 aliphatic carbocycles. The molecule has 1 N–H and O–H groups in total. The van der Waals surface area contributed by atoms with Crippen LogP contribution in [0, 0.1) is 13.8 Å². The van der Waals surface area contributed by atoms with Gasteiger partial charge >= 0.3 is 5.97 Å². The molecule has 0 saturated carbocycles. The van der Waals surface area contributed by atoms with Crippen LogP contribution < -0.4 is 0 Å². The van der Waals surface area contributed by atoms with Gasteiger partial charge in [0.15, 0.2) is 0 Å². The Hall–Kier alpha value is -1.49. The molecule has 0 bridgehead atoms. The summed E-state index contributed by atoms with van der Waals surface area (Å²) in [5, 5.41) is 8.91. The van der Waals surface area contributed by atoms with Gasteiger partial charge in [-0.15, -0.1) is 11.8 Å². The molecular weight excluding hydrogens is 286 g/mol. The lowest BCUT2D eigenvalue weighted by Crippen LogP contribution is -2.43. The lowest BCUT2D eigenvalue weighted by Gasteiger charge is -2.25. The molecule has 1 aliphatic rings. The predicted molar refractivity (Wildman–Crippen MR) is 83.6 cm³/mol. The van der Waals surface area contributed by atoms with E-state index in [1.165, 1.54) is 22.2 Å². The molecule has 1 aromatic rings. The third kappa shape index (κ3) is 3.59. The molecule has 1 amide bonds. The first kappa shape index (κ1) is 15.9. The van der Waals surface area contributed by atoms with Crippen LogP contribution in [-0.2, 0) is 9.59 Å². The average Bonchev–Trinajstić information content (AvgIpc) is 2.90. The fraction of sp³-hybridized carbons (Fsp3) is 0.500. The van der Waals surface area contributed by atoms with E-state index < -0.39 is 12.0 Å². The summed E-state index contributed by atoms with van der Waals surface area (Å²) in [6.45, 7) is 6.47. The Morgan fingerprint density at radius 1 is 1.38 bits per heavy atom. The minimum atomic E-state index is -0.899. The summed E-state index contributed by atoms with van der Waals surface area (Å²) < 4.78 is 0. The average molecular weight is 307 g/mol. The van der Waals surface area contributed by atoms with Gasteiger partial charge in [-0.3, -0.25) is 4.79 Å². The lowest BCUT2D eigenvalue weighted by molar-refractivity contribution is -0.147. The van der Waals surface area contributed by atoms with Gasteiger partial charge in [-0.1, -0.05) is 17.7 Å². The Balaban J connectivity index is 2.07. The molecule has 1 fully saturated rings. The minimum absolute atomic E-state index is 0.0788. The van der Waals surface area contributed by atoms with E-state index in [9.17, 15) is 14.7 Å². The Labute approximate surface area is 129 Å². The quantitative estimate of drug-likeness (QED) is 0.869. The molecule has 1 aromatic carbocycles. The fourth-order valence-electron chi connectivity index (χ4n) is 2.69. The van der Waals surface area contributed by atoms with E-state index in [1.54, 1.807) is 0 Å². The third-order valence-corrected chi connectivity index (χ3v) is 5.07. The predicted octanol–water partition coefficient (Wildman–Crippen LogP) is 2.86. The summed E-state index contributed by atoms with van der Waals surface area (Å²) >= 11 is 1.50. The van der Waals surface area contributed by atoms with Gasteiger partial charge in [0.25, 0.3) is 0 Å². The monoisotopic (exact) mass is 307 g/mol. The zero-order valence-corrected chi connectivity index (χ0v) is 13.4. The van der Waals surface area contributed by atoms with E-state index in [-0.39, 0.29) is 11.2 Å². The summed E-state index contributed by atoms with van der Waals surface area (Å²) in [6, 6.07) is 5.50. The lowest BCUT2D eigenvalue weighted by atomic mass is 10.2. The first-order chi connectivity index (χ1) is 9.90. The number of aryl methyl sites for hydroxylation is 2. The van der Waals surface area contributed by atoms with Crippen molar-refractivity contribution in [1.82, 2.24) is 4.90 Å². The van der Waals surface area contributed by atoms with Crippen molar-refractivity contribution >= 4 is 23.6 Å². The molecule has 0 spiro atoms. The van der Waals surface area contributed by atoms with Crippen molar-refractivity contribution in [1.29, 1.82) is 0 Å². The number of carbonyl (C=O) groups excluding carboxylic acids is 1. The molecule has 2 rings (SSSR count). The van der Waals surface area contributed by atoms with Crippen LogP contribution in [0.1, 0.15) is 30.9 Å². The van der Waals surface area contributed by atoms with Crippen LogP contribution in [0.25, 0.3) is 0 Å². The Morgan fingerprint density at radius 3 is 2.71 bits per heavy atom. The Bertz CT molecular complexity index is 558. The minimum Gasteiger partial charge on any atom is -0.480 e. The highest BCUT2D eigenvalue weighted by atomic mass is 32.2. The molecule has 5 heteroatoms. The smallest absolute Gasteiger partial charge is 0.326 e. The van der Waals surface area contributed by atoms with E-state index >= 15 is 0 Å². The molecule has 4 nitrogen and oxygen atoms in total. The van der Waals surface area contributed by atoms with Gasteiger partial charge in [0.2, 0.25) is 5.91 Å². The summed E-state index contributed by atoms with van der Waals surface area (Å²) in [4.78, 5) is 26.3. The number of benzene rings is 1. The van der Waals surface area contributed by atoms with Gasteiger partial charge in [0.1, 0.15) is 6.04 Å². The fourth-order valence-corrected chi connectivity index (χ4v) is 3.70. The third-order valence-electron chi connectivity index (χ3n) is 3.80. The molecule has 1 aliphatic heterocycles. The standard InChI is InChI=1S/C16H21NO3S/c1-10-6-7-14(11(2)9-10)21-12(3)15(18)17-8-4-5-13(17)16(19)20/h6-7,9,12-13H,4-5,8H2,1-3H3,(H,19,20). The number of hydrogen-bond donors (Lipinski definition) is 1. The molecule has 1 saturated heterocycles. The molecule has 0 radical (unpaired) electrons. The van der Waals surface area contributed by atoms with Crippen LogP contribution in [0.2, 0.25) is 0 Å². The maximum atomic E-state index is 12.5. The molecular formula is C16H21NO3S. The largest absolute Gasteiger partial charge is 0.480 e. The van der Waals surface area contributed by atoms with E-state index in [4.69, 9.17) is 0 Å². The highest BCUT2D eigenvalue weighted by molar-refractivity contribution is 8.00. The van der Waals surface area contributed by atoms with Gasteiger partial charge in [-0.25, -0.2) is 4.79 Å². The molecule has 2 unspecified atom stereocenters. The van der Waals surface area contributed by atoms with Crippen LogP contribution in [0.3, 0.4) is 0 Å². The van der Waals surface area contributed by atoms with Crippen molar-refractivity contribution in [3.63, 3.8) is 0 Å². The number of likely N-dealkylation sites (tertiary alicyclic amines) is 1. The van der Waals surface area contributed by atoms with Crippen molar-refractivity contribution in [2.24, 2.45) is 0 Å². The normalized spacial score (nSPS) is 19.6. The van der Waals surface area contributed by atoms with E-state index in [0.717, 1.165) is 16.9 Å². The van der Waals surface area contributed by atoms with Crippen LogP contribution in [0.4, 0.5) is 0 Å². The molecule has 0 aromatic heterocycles. The first-order valence-corrected chi connectivity index (χ1v) is 8.05. The van der Waals surface area contributed by atoms with Gasteiger partial charge in [-0.2, -0.15) is 0 Å². The first-order valence-electron chi connectivity index (χ1n) is 7.17. The summed E-state index contributed by atoms with van der Waals surface area (Å²) in [5.41, 5.74) is 2.34. The van der Waals surface area contributed by atoms with Crippen LogP contribution in [-0.4, -0.2) is 39.7 Å². The zero-order valence-electron chi connectivity index (χ0n) is 12.6. The van der Waals surface area contributed by atoms with E-state index in [0.29, 0.717) is 13.0 Å². The number of amides is 1. The van der Waals surface area contributed by atoms with Gasteiger partial charge in [-0.05, 0) is 45.2 Å². The second-order valence-electron chi connectivity index (χ2n) is 5.56. The van der Waals surface area contributed by atoms with Crippen molar-refractivity contribution in [2.45, 2.75) is 49.8 Å². The number of thioether (sulfide) groups is 1. The molecule has 1 heterocycles. The van der Waals surface area contributed by atoms with Gasteiger partial charge < -0.3 is 10.0 Å². The second kappa shape index (κ2) is 6.52. The number of carboxylic acids is 1. The van der Waals surface area contributed by atoms with E-state index in [2.05, 4.69) is 6.07 Å². The number of nitrogens with zero attached hydrogens (tertiary/aromatic N) is 1. The van der Waals surface area contributed by atoms with Crippen molar-refractivity contribution in [3.8, 4) is 0 Å². The zero-order chi connectivity index (χ0) is 15.6. The Kier molecular flexibility index (Phi) is 4.93. The highest BCUT2D eigenvalue weighted by Gasteiger charge is 2.36. The number of aliphatic carboxylic acids is 1. The number of rotatable bonds is 4. The summed E-state index contributed by atoms with van der Waals surface area (Å²) in [7, 11) is 0. The van der Waals surface area contributed by atoms with E-state index in [1.807, 2.05) is 32.9 Å². The van der Waals surface area contributed by atoms with Gasteiger partial charge in [0, 0.05) is 11.4 Å². The van der Waals surface area contributed by atoms with Crippen molar-refractivity contribution < 1.29 is 14.7 Å². The number of hydrogen-bond acceptors (Lipinski definition) is 3. The molecule has 114 valence electrons. The number of carboxylic acid groups (broad SMARTS) is 1. The van der Waals surface area contributed by atoms with Crippen molar-refractivity contribution in [3.05, 3.63) is 29.3 Å². The maximum absolute atomic E-state index is 12.5. The molecule has 2 atom stereocenters. The van der Waals surface area contributed by atoms with Gasteiger partial charge in [0.05, 0.1) is 5.25 Å². The van der Waals surface area contributed by atoms with Crippen LogP contribution in [0.15, 0.2) is 23.1 Å². The van der Waals surface area contributed by atoms with Crippen LogP contribution in [0.5, 0.6) is 0 Å². The SMILES string of the molecule is Cc1ccc(SC(C)C(=O)N2CCCC2C(=O)O)c(C)c1. The highest BCUT2D eigenvalue weighted by Crippen LogP contribution is 2.30. The molecule has 21 heavy (non-hydrogen) atoms. The Morgan fingerprint density at radius 2 is 2.10 bits per heavy atom. The van der Waals surface area contributed by atoms with Crippen molar-refractivity contribution in [2.75, 3.05) is 6.54 Å².